The Morgan fingerprint density at radius 1 is 1.47 bits per heavy atom. The van der Waals surface area contributed by atoms with Gasteiger partial charge in [-0.25, -0.2) is 8.78 Å². The fraction of sp³-hybridized carbons (Fsp3) is 0.286. The fourth-order valence-electron chi connectivity index (χ4n) is 1.51. The molecule has 0 radical (unpaired) electrons. The van der Waals surface area contributed by atoms with Crippen molar-refractivity contribution in [1.29, 1.82) is 5.26 Å². The first-order valence-corrected chi connectivity index (χ1v) is 5.90. The summed E-state index contributed by atoms with van der Waals surface area (Å²) in [6, 6.07) is 4.81. The third kappa shape index (κ3) is 4.51. The first kappa shape index (κ1) is 14.8. The van der Waals surface area contributed by atoms with Crippen LogP contribution in [0.2, 0.25) is 0 Å². The molecule has 0 aliphatic heterocycles. The molecule has 1 aromatic carbocycles. The maximum absolute atomic E-state index is 13.3. The molecule has 0 spiro atoms. The molecule has 1 amide bonds. The molecule has 19 heavy (non-hydrogen) atoms. The number of halogens is 2. The van der Waals surface area contributed by atoms with Crippen LogP contribution in [0.4, 0.5) is 8.78 Å². The van der Waals surface area contributed by atoms with Crippen molar-refractivity contribution in [3.8, 4) is 6.07 Å². The number of rotatable bonds is 5. The number of carbonyl (C=O) groups is 1. The van der Waals surface area contributed by atoms with Crippen molar-refractivity contribution in [2.45, 2.75) is 25.8 Å². The number of carbonyl (C=O) groups excluding carboxylic acids is 1. The first-order valence-electron chi connectivity index (χ1n) is 5.90. The van der Waals surface area contributed by atoms with Gasteiger partial charge in [0, 0.05) is 11.6 Å². The van der Waals surface area contributed by atoms with Gasteiger partial charge in [0.15, 0.2) is 0 Å². The second kappa shape index (κ2) is 7.27. The molecule has 0 fully saturated rings. The van der Waals surface area contributed by atoms with Crippen LogP contribution in [-0.4, -0.2) is 11.9 Å². The summed E-state index contributed by atoms with van der Waals surface area (Å²) in [6.45, 7) is 1.89. The van der Waals surface area contributed by atoms with Crippen LogP contribution in [0, 0.1) is 23.0 Å². The lowest BCUT2D eigenvalue weighted by Gasteiger charge is -2.07. The van der Waals surface area contributed by atoms with E-state index < -0.39 is 23.6 Å². The number of hydrogen-bond acceptors (Lipinski definition) is 2. The van der Waals surface area contributed by atoms with E-state index in [0.29, 0.717) is 6.42 Å². The van der Waals surface area contributed by atoms with E-state index in [0.717, 1.165) is 30.7 Å². The highest BCUT2D eigenvalue weighted by molar-refractivity contribution is 5.92. The number of nitrogens with one attached hydrogen (secondary N) is 1. The molecule has 5 heteroatoms. The third-order valence-electron chi connectivity index (χ3n) is 2.45. The van der Waals surface area contributed by atoms with Gasteiger partial charge in [-0.05, 0) is 24.6 Å². The summed E-state index contributed by atoms with van der Waals surface area (Å²) in [5.74, 6) is -2.04. The maximum atomic E-state index is 13.3. The normalized spacial score (nSPS) is 12.1. The Morgan fingerprint density at radius 3 is 2.63 bits per heavy atom. The summed E-state index contributed by atoms with van der Waals surface area (Å²) in [4.78, 5) is 11.5. The van der Waals surface area contributed by atoms with E-state index in [9.17, 15) is 13.6 Å². The van der Waals surface area contributed by atoms with E-state index in [1.54, 1.807) is 0 Å². The van der Waals surface area contributed by atoms with Gasteiger partial charge in [-0.3, -0.25) is 4.79 Å². The Balaban J connectivity index is 2.71. The van der Waals surface area contributed by atoms with E-state index in [-0.39, 0.29) is 5.56 Å². The average molecular weight is 264 g/mol. The smallest absolute Gasteiger partial charge is 0.245 e. The topological polar surface area (TPSA) is 52.9 Å². The van der Waals surface area contributed by atoms with Crippen molar-refractivity contribution in [3.63, 3.8) is 0 Å². The van der Waals surface area contributed by atoms with Crippen LogP contribution in [-0.2, 0) is 4.79 Å². The molecule has 1 aromatic rings. The molecular weight excluding hydrogens is 250 g/mol. The van der Waals surface area contributed by atoms with Gasteiger partial charge in [0.25, 0.3) is 0 Å². The highest BCUT2D eigenvalue weighted by Crippen LogP contribution is 2.13. The molecule has 0 aliphatic rings. The minimum Gasteiger partial charge on any atom is -0.337 e. The van der Waals surface area contributed by atoms with Gasteiger partial charge in [-0.15, -0.1) is 0 Å². The molecule has 0 saturated carbocycles. The lowest BCUT2D eigenvalue weighted by atomic mass is 10.1. The van der Waals surface area contributed by atoms with Crippen LogP contribution in [0.3, 0.4) is 0 Å². The summed E-state index contributed by atoms with van der Waals surface area (Å²) < 4.78 is 26.6. The van der Waals surface area contributed by atoms with Crippen molar-refractivity contribution in [1.82, 2.24) is 5.32 Å². The van der Waals surface area contributed by atoms with Crippen molar-refractivity contribution < 1.29 is 13.6 Å². The molecule has 3 nitrogen and oxygen atoms in total. The second-order valence-corrected chi connectivity index (χ2v) is 3.95. The Labute approximate surface area is 110 Å². The van der Waals surface area contributed by atoms with E-state index in [2.05, 4.69) is 5.32 Å². The molecule has 1 N–H and O–H groups in total. The largest absolute Gasteiger partial charge is 0.337 e. The molecule has 0 aliphatic carbocycles. The molecule has 1 rings (SSSR count). The van der Waals surface area contributed by atoms with E-state index in [4.69, 9.17) is 5.26 Å². The third-order valence-corrected chi connectivity index (χ3v) is 2.45. The van der Waals surface area contributed by atoms with Gasteiger partial charge in [0.2, 0.25) is 5.91 Å². The summed E-state index contributed by atoms with van der Waals surface area (Å²) in [7, 11) is 0. The van der Waals surface area contributed by atoms with Crippen molar-refractivity contribution in [2.75, 3.05) is 0 Å². The maximum Gasteiger partial charge on any atom is 0.245 e. The molecular formula is C14H14F2N2O. The molecule has 0 saturated heterocycles. The molecule has 0 aromatic heterocycles. The summed E-state index contributed by atoms with van der Waals surface area (Å²) in [5.41, 5.74) is -0.276. The summed E-state index contributed by atoms with van der Waals surface area (Å²) >= 11 is 0. The predicted molar refractivity (Wildman–Crippen MR) is 67.8 cm³/mol. The fourth-order valence-corrected chi connectivity index (χ4v) is 1.51. The lowest BCUT2D eigenvalue weighted by molar-refractivity contribution is -0.116. The van der Waals surface area contributed by atoms with Crippen LogP contribution in [0.15, 0.2) is 24.3 Å². The van der Waals surface area contributed by atoms with Gasteiger partial charge < -0.3 is 5.32 Å². The van der Waals surface area contributed by atoms with Gasteiger partial charge in [0.05, 0.1) is 6.07 Å². The monoisotopic (exact) mass is 264 g/mol. The minimum atomic E-state index is -0.741. The number of nitrogens with zero attached hydrogens (tertiary/aromatic N) is 1. The number of benzene rings is 1. The zero-order valence-electron chi connectivity index (χ0n) is 10.5. The summed E-state index contributed by atoms with van der Waals surface area (Å²) in [6.07, 6.45) is 3.36. The molecule has 0 heterocycles. The Hall–Kier alpha value is -2.22. The van der Waals surface area contributed by atoms with Crippen molar-refractivity contribution in [2.24, 2.45) is 0 Å². The van der Waals surface area contributed by atoms with E-state index in [1.165, 1.54) is 6.07 Å². The first-order chi connectivity index (χ1) is 9.08. The van der Waals surface area contributed by atoms with Crippen molar-refractivity contribution in [3.05, 3.63) is 41.5 Å². The van der Waals surface area contributed by atoms with E-state index in [1.807, 2.05) is 13.0 Å². The second-order valence-electron chi connectivity index (χ2n) is 3.95. The Morgan fingerprint density at radius 2 is 2.11 bits per heavy atom. The number of amides is 1. The zero-order valence-corrected chi connectivity index (χ0v) is 10.5. The molecule has 100 valence electrons. The number of hydrogen-bond donors (Lipinski definition) is 1. The number of nitriles is 1. The average Bonchev–Trinajstić information content (AvgIpc) is 2.37. The van der Waals surface area contributed by atoms with Gasteiger partial charge in [-0.2, -0.15) is 5.26 Å². The predicted octanol–water partition coefficient (Wildman–Crippen LogP) is 2.79. The van der Waals surface area contributed by atoms with Crippen LogP contribution in [0.25, 0.3) is 6.08 Å². The highest BCUT2D eigenvalue weighted by atomic mass is 19.1. The lowest BCUT2D eigenvalue weighted by Crippen LogP contribution is -2.32. The van der Waals surface area contributed by atoms with Crippen LogP contribution >= 0.6 is 0 Å². The SMILES string of the molecule is CCC[C@@H](C#N)NC(=O)/C=C\c1c(F)cccc1F. The molecule has 0 bridgehead atoms. The summed E-state index contributed by atoms with van der Waals surface area (Å²) in [5, 5.41) is 11.2. The van der Waals surface area contributed by atoms with Gasteiger partial charge in [-0.1, -0.05) is 19.4 Å². The quantitative estimate of drug-likeness (QED) is 0.831. The van der Waals surface area contributed by atoms with Crippen molar-refractivity contribution >= 4 is 12.0 Å². The van der Waals surface area contributed by atoms with Crippen LogP contribution in [0.5, 0.6) is 0 Å². The standard InChI is InChI=1S/C14H14F2N2O/c1-2-4-10(9-17)18-14(19)8-7-11-12(15)5-3-6-13(11)16/h3,5-8,10H,2,4H2,1H3,(H,18,19)/b8-7-/t10-/m0/s1. The Kier molecular flexibility index (Phi) is 5.68. The van der Waals surface area contributed by atoms with Crippen LogP contribution in [0.1, 0.15) is 25.3 Å². The highest BCUT2D eigenvalue weighted by Gasteiger charge is 2.09. The molecule has 1 atom stereocenters. The Bertz CT molecular complexity index is 500. The van der Waals surface area contributed by atoms with Gasteiger partial charge >= 0.3 is 0 Å². The molecule has 0 unspecified atom stereocenters. The zero-order chi connectivity index (χ0) is 14.3. The van der Waals surface area contributed by atoms with E-state index >= 15 is 0 Å². The minimum absolute atomic E-state index is 0.276. The van der Waals surface area contributed by atoms with Crippen LogP contribution < -0.4 is 5.32 Å². The van der Waals surface area contributed by atoms with Gasteiger partial charge in [0.1, 0.15) is 17.7 Å².